The molecule has 0 heterocycles. The second-order valence-corrected chi connectivity index (χ2v) is 8.05. The summed E-state index contributed by atoms with van der Waals surface area (Å²) in [5.41, 5.74) is 12.9. The molecule has 0 saturated heterocycles. The van der Waals surface area contributed by atoms with Crippen LogP contribution < -0.4 is 16.8 Å². The number of ketones is 1. The Morgan fingerprint density at radius 3 is 2.00 bits per heavy atom. The van der Waals surface area contributed by atoms with Crippen LogP contribution in [-0.4, -0.2) is 52.5 Å². The number of Topliss-reactive ketones (excluding diaryl/α,β-unsaturated/α-hetero) is 1. The molecule has 7 N–H and O–H groups in total. The topological polar surface area (TPSA) is 165 Å². The van der Waals surface area contributed by atoms with E-state index in [0.717, 1.165) is 22.3 Å². The number of carboxylic acids is 1. The molecular formula is C23H27N3O6. The highest BCUT2D eigenvalue weighted by atomic mass is 16.5. The third-order valence-electron chi connectivity index (χ3n) is 5.92. The van der Waals surface area contributed by atoms with Crippen LogP contribution in [0.15, 0.2) is 48.5 Å². The normalized spacial score (nSPS) is 15.8. The maximum absolute atomic E-state index is 12.7. The summed E-state index contributed by atoms with van der Waals surface area (Å²) in [6, 6.07) is 14.2. The van der Waals surface area contributed by atoms with E-state index in [2.05, 4.69) is 5.32 Å². The van der Waals surface area contributed by atoms with Crippen molar-refractivity contribution in [2.45, 2.75) is 37.6 Å². The number of aliphatic carboxylic acids is 1. The van der Waals surface area contributed by atoms with Gasteiger partial charge < -0.3 is 31.7 Å². The van der Waals surface area contributed by atoms with Crippen molar-refractivity contribution >= 4 is 17.8 Å². The highest BCUT2D eigenvalue weighted by Crippen LogP contribution is 2.44. The molecule has 0 spiro atoms. The summed E-state index contributed by atoms with van der Waals surface area (Å²) in [4.78, 5) is 36.4. The number of ether oxygens (including phenoxy) is 1. The first-order chi connectivity index (χ1) is 15.1. The highest BCUT2D eigenvalue weighted by Gasteiger charge is 2.43. The minimum Gasteiger partial charge on any atom is -0.479 e. The van der Waals surface area contributed by atoms with Gasteiger partial charge in [-0.1, -0.05) is 55.5 Å². The number of aliphatic hydroxyl groups excluding tert-OH is 1. The number of hydrogen-bond donors (Lipinski definition) is 5. The van der Waals surface area contributed by atoms with E-state index >= 15 is 0 Å². The van der Waals surface area contributed by atoms with Crippen LogP contribution in [0, 0.1) is 5.92 Å². The van der Waals surface area contributed by atoms with Gasteiger partial charge in [-0.25, -0.2) is 9.59 Å². The SMILES string of the molecule is CC(C(=O)[C@@H](NC(=O)OCC1c2ccccc2-c2ccccc21)[C@@H](C)O)C(N)(N)C(=O)O. The van der Waals surface area contributed by atoms with Crippen molar-refractivity contribution in [3.8, 4) is 11.1 Å². The lowest BCUT2D eigenvalue weighted by Crippen LogP contribution is -2.65. The number of hydrogen-bond acceptors (Lipinski definition) is 7. The second kappa shape index (κ2) is 9.07. The molecule has 0 aliphatic heterocycles. The molecule has 0 fully saturated rings. The summed E-state index contributed by atoms with van der Waals surface area (Å²) >= 11 is 0. The van der Waals surface area contributed by atoms with Crippen molar-refractivity contribution < 1.29 is 29.3 Å². The molecule has 1 aliphatic carbocycles. The largest absolute Gasteiger partial charge is 0.479 e. The minimum atomic E-state index is -2.35. The predicted octanol–water partition coefficient (Wildman–Crippen LogP) is 1.18. The van der Waals surface area contributed by atoms with Gasteiger partial charge in [0.2, 0.25) is 0 Å². The van der Waals surface area contributed by atoms with Gasteiger partial charge in [-0.3, -0.25) is 4.79 Å². The zero-order valence-electron chi connectivity index (χ0n) is 17.8. The van der Waals surface area contributed by atoms with Crippen LogP contribution in [0.2, 0.25) is 0 Å². The van der Waals surface area contributed by atoms with Gasteiger partial charge in [-0.05, 0) is 29.2 Å². The zero-order chi connectivity index (χ0) is 23.6. The Morgan fingerprint density at radius 2 is 1.53 bits per heavy atom. The van der Waals surface area contributed by atoms with E-state index in [9.17, 15) is 19.5 Å². The quantitative estimate of drug-likeness (QED) is 0.381. The Labute approximate surface area is 185 Å². The Morgan fingerprint density at radius 1 is 1.03 bits per heavy atom. The summed E-state index contributed by atoms with van der Waals surface area (Å²) in [7, 11) is 0. The van der Waals surface area contributed by atoms with Gasteiger partial charge in [0.25, 0.3) is 0 Å². The number of carbonyl (C=O) groups excluding carboxylic acids is 2. The number of nitrogens with one attached hydrogen (secondary N) is 1. The monoisotopic (exact) mass is 441 g/mol. The molecule has 1 unspecified atom stereocenters. The average molecular weight is 441 g/mol. The van der Waals surface area contributed by atoms with E-state index < -0.39 is 41.6 Å². The van der Waals surface area contributed by atoms with Gasteiger partial charge in [-0.2, -0.15) is 0 Å². The molecular weight excluding hydrogens is 414 g/mol. The molecule has 0 bridgehead atoms. The molecule has 3 rings (SSSR count). The number of fused-ring (bicyclic) bond motifs is 3. The molecule has 0 aromatic heterocycles. The third-order valence-corrected chi connectivity index (χ3v) is 5.92. The van der Waals surface area contributed by atoms with E-state index in [1.54, 1.807) is 0 Å². The van der Waals surface area contributed by atoms with Crippen LogP contribution in [0.4, 0.5) is 4.79 Å². The minimum absolute atomic E-state index is 0.0168. The first-order valence-corrected chi connectivity index (χ1v) is 10.2. The first kappa shape index (κ1) is 23.4. The van der Waals surface area contributed by atoms with Crippen molar-refractivity contribution in [3.63, 3.8) is 0 Å². The molecule has 2 aromatic rings. The smallest absolute Gasteiger partial charge is 0.407 e. The summed E-state index contributed by atoms with van der Waals surface area (Å²) in [5.74, 6) is -3.96. The number of benzene rings is 2. The van der Waals surface area contributed by atoms with Gasteiger partial charge in [0.1, 0.15) is 12.6 Å². The van der Waals surface area contributed by atoms with Crippen molar-refractivity contribution in [1.82, 2.24) is 5.32 Å². The molecule has 9 nitrogen and oxygen atoms in total. The maximum atomic E-state index is 12.7. The third kappa shape index (κ3) is 4.36. The summed E-state index contributed by atoms with van der Waals surface area (Å²) in [5, 5.41) is 21.5. The summed E-state index contributed by atoms with van der Waals surface area (Å²) < 4.78 is 5.39. The van der Waals surface area contributed by atoms with Crippen LogP contribution in [-0.2, 0) is 14.3 Å². The number of amides is 1. The number of carboxylic acid groups (broad SMARTS) is 1. The van der Waals surface area contributed by atoms with Gasteiger partial charge in [-0.15, -0.1) is 0 Å². The Balaban J connectivity index is 1.71. The van der Waals surface area contributed by atoms with Crippen molar-refractivity contribution in [3.05, 3.63) is 59.7 Å². The fourth-order valence-electron chi connectivity index (χ4n) is 3.89. The lowest BCUT2D eigenvalue weighted by atomic mass is 9.86. The Kier molecular flexibility index (Phi) is 6.63. The second-order valence-electron chi connectivity index (χ2n) is 8.05. The van der Waals surface area contributed by atoms with E-state index in [-0.39, 0.29) is 12.5 Å². The molecule has 0 saturated carbocycles. The highest BCUT2D eigenvalue weighted by molar-refractivity contribution is 5.95. The van der Waals surface area contributed by atoms with Gasteiger partial charge >= 0.3 is 12.1 Å². The first-order valence-electron chi connectivity index (χ1n) is 10.2. The van der Waals surface area contributed by atoms with Crippen LogP contribution in [0.25, 0.3) is 11.1 Å². The van der Waals surface area contributed by atoms with Crippen LogP contribution in [0.5, 0.6) is 0 Å². The summed E-state index contributed by atoms with van der Waals surface area (Å²) in [6.45, 7) is 2.53. The fourth-order valence-corrected chi connectivity index (χ4v) is 3.89. The molecule has 0 radical (unpaired) electrons. The van der Waals surface area contributed by atoms with E-state index in [1.165, 1.54) is 13.8 Å². The average Bonchev–Trinajstić information content (AvgIpc) is 3.08. The Bertz CT molecular complexity index is 990. The van der Waals surface area contributed by atoms with E-state index in [1.807, 2.05) is 48.5 Å². The zero-order valence-corrected chi connectivity index (χ0v) is 17.8. The van der Waals surface area contributed by atoms with Gasteiger partial charge in [0, 0.05) is 5.92 Å². The number of rotatable bonds is 8. The number of nitrogens with two attached hydrogens (primary N) is 2. The van der Waals surface area contributed by atoms with Crippen LogP contribution >= 0.6 is 0 Å². The van der Waals surface area contributed by atoms with Crippen molar-refractivity contribution in [1.29, 1.82) is 0 Å². The van der Waals surface area contributed by atoms with Crippen LogP contribution in [0.3, 0.4) is 0 Å². The standard InChI is InChI=1S/C23H27N3O6/c1-12(23(24,25)21(29)30)20(28)19(13(2)27)26-22(31)32-11-18-16-9-5-3-7-14(16)15-8-4-6-10-17(15)18/h3-10,12-13,18-19,27H,11,24-25H2,1-2H3,(H,26,31)(H,29,30)/t12?,13-,19+/m1/s1. The molecule has 2 aromatic carbocycles. The fraction of sp³-hybridized carbons (Fsp3) is 0.348. The molecule has 170 valence electrons. The van der Waals surface area contributed by atoms with Crippen molar-refractivity contribution in [2.75, 3.05) is 6.61 Å². The lowest BCUT2D eigenvalue weighted by Gasteiger charge is -2.30. The lowest BCUT2D eigenvalue weighted by molar-refractivity contribution is -0.149. The predicted molar refractivity (Wildman–Crippen MR) is 117 cm³/mol. The van der Waals surface area contributed by atoms with Crippen molar-refractivity contribution in [2.24, 2.45) is 17.4 Å². The van der Waals surface area contributed by atoms with E-state index in [0.29, 0.717) is 0 Å². The summed E-state index contributed by atoms with van der Waals surface area (Å²) in [6.07, 6.45) is -2.25. The molecule has 9 heteroatoms. The number of carbonyl (C=O) groups is 3. The number of alkyl carbamates (subject to hydrolysis) is 1. The number of aliphatic hydroxyl groups is 1. The molecule has 32 heavy (non-hydrogen) atoms. The Hall–Kier alpha value is -3.27. The molecule has 3 atom stereocenters. The van der Waals surface area contributed by atoms with E-state index in [4.69, 9.17) is 21.3 Å². The van der Waals surface area contributed by atoms with Gasteiger partial charge in [0.05, 0.1) is 12.0 Å². The molecule has 1 aliphatic rings. The van der Waals surface area contributed by atoms with Gasteiger partial charge in [0.15, 0.2) is 11.4 Å². The van der Waals surface area contributed by atoms with Crippen LogP contribution in [0.1, 0.15) is 30.9 Å². The molecule has 1 amide bonds. The maximum Gasteiger partial charge on any atom is 0.407 e.